The fourth-order valence-electron chi connectivity index (χ4n) is 1.74. The van der Waals surface area contributed by atoms with Crippen molar-refractivity contribution in [3.8, 4) is 11.5 Å². The molecule has 8 heteroatoms. The van der Waals surface area contributed by atoms with Crippen molar-refractivity contribution in [1.82, 2.24) is 9.55 Å². The number of aromatic nitrogens is 2. The van der Waals surface area contributed by atoms with E-state index < -0.39 is 4.92 Å². The van der Waals surface area contributed by atoms with Crippen LogP contribution < -0.4 is 9.47 Å². The number of benzene rings is 1. The van der Waals surface area contributed by atoms with Gasteiger partial charge in [-0.15, -0.1) is 0 Å². The van der Waals surface area contributed by atoms with E-state index in [1.54, 1.807) is 24.9 Å². The highest BCUT2D eigenvalue weighted by Crippen LogP contribution is 2.33. The van der Waals surface area contributed by atoms with Crippen molar-refractivity contribution in [3.63, 3.8) is 0 Å². The third-order valence-electron chi connectivity index (χ3n) is 2.71. The number of hydrogen-bond donors (Lipinski definition) is 0. The smallest absolute Gasteiger partial charge is 0.381 e. The van der Waals surface area contributed by atoms with Gasteiger partial charge in [0.1, 0.15) is 6.20 Å². The Morgan fingerprint density at radius 3 is 2.55 bits per heavy atom. The molecule has 0 saturated heterocycles. The van der Waals surface area contributed by atoms with Crippen LogP contribution in [-0.4, -0.2) is 28.7 Å². The fraction of sp³-hybridized carbons (Fsp3) is 0.250. The molecule has 1 aromatic carbocycles. The second-order valence-electron chi connectivity index (χ2n) is 3.96. The van der Waals surface area contributed by atoms with Gasteiger partial charge in [0.15, 0.2) is 11.5 Å². The third-order valence-corrected chi connectivity index (χ3v) is 3.45. The Kier molecular flexibility index (Phi) is 4.23. The van der Waals surface area contributed by atoms with Gasteiger partial charge in [-0.25, -0.2) is 0 Å². The van der Waals surface area contributed by atoms with Crippen molar-refractivity contribution < 1.29 is 14.4 Å². The molecule has 0 amide bonds. The van der Waals surface area contributed by atoms with Crippen molar-refractivity contribution >= 4 is 21.7 Å². The third kappa shape index (κ3) is 2.90. The monoisotopic (exact) mass is 341 g/mol. The zero-order valence-corrected chi connectivity index (χ0v) is 12.5. The minimum atomic E-state index is -0.528. The van der Waals surface area contributed by atoms with Crippen molar-refractivity contribution in [3.05, 3.63) is 44.8 Å². The van der Waals surface area contributed by atoms with Gasteiger partial charge in [-0.1, -0.05) is 15.9 Å². The average Bonchev–Trinajstić information content (AvgIpc) is 2.89. The van der Waals surface area contributed by atoms with Gasteiger partial charge in [0.05, 0.1) is 20.8 Å². The lowest BCUT2D eigenvalue weighted by atomic mass is 10.2. The summed E-state index contributed by atoms with van der Waals surface area (Å²) < 4.78 is 12.9. The molecule has 2 rings (SSSR count). The van der Waals surface area contributed by atoms with Gasteiger partial charge in [-0.2, -0.15) is 0 Å². The van der Waals surface area contributed by atoms with Crippen LogP contribution in [0.1, 0.15) is 5.56 Å². The quantitative estimate of drug-likeness (QED) is 0.616. The number of imidazole rings is 1. The molecule has 20 heavy (non-hydrogen) atoms. The molecular weight excluding hydrogens is 330 g/mol. The van der Waals surface area contributed by atoms with E-state index >= 15 is 0 Å². The molecule has 0 aliphatic rings. The van der Waals surface area contributed by atoms with Gasteiger partial charge in [0, 0.05) is 4.47 Å². The summed E-state index contributed by atoms with van der Waals surface area (Å²) in [4.78, 5) is 13.8. The number of methoxy groups -OCH3 is 2. The van der Waals surface area contributed by atoms with Crippen LogP contribution in [0.25, 0.3) is 0 Å². The predicted molar refractivity (Wildman–Crippen MR) is 75.2 cm³/mol. The van der Waals surface area contributed by atoms with Gasteiger partial charge < -0.3 is 24.2 Å². The van der Waals surface area contributed by atoms with Crippen molar-refractivity contribution in [2.24, 2.45) is 0 Å². The Balaban J connectivity index is 2.30. The number of nitro groups is 1. The molecule has 1 aromatic heterocycles. The normalized spacial score (nSPS) is 10.3. The lowest BCUT2D eigenvalue weighted by Gasteiger charge is -2.11. The Morgan fingerprint density at radius 2 is 2.00 bits per heavy atom. The molecule has 106 valence electrons. The fourth-order valence-corrected chi connectivity index (χ4v) is 2.19. The summed E-state index contributed by atoms with van der Waals surface area (Å²) in [5.41, 5.74) is 0.898. The Hall–Kier alpha value is -2.09. The summed E-state index contributed by atoms with van der Waals surface area (Å²) in [6.45, 7) is 0.432. The zero-order valence-electron chi connectivity index (χ0n) is 10.9. The molecule has 2 aromatic rings. The lowest BCUT2D eigenvalue weighted by Crippen LogP contribution is -2.00. The van der Waals surface area contributed by atoms with E-state index in [1.165, 1.54) is 12.5 Å². The molecule has 0 fully saturated rings. The molecule has 0 N–H and O–H groups in total. The summed E-state index contributed by atoms with van der Waals surface area (Å²) in [6, 6.07) is 3.61. The van der Waals surface area contributed by atoms with Crippen LogP contribution in [0.2, 0.25) is 0 Å². The van der Waals surface area contributed by atoms with Crippen LogP contribution >= 0.6 is 15.9 Å². The Bertz CT molecular complexity index is 642. The van der Waals surface area contributed by atoms with Crippen LogP contribution in [0.5, 0.6) is 11.5 Å². The molecule has 0 saturated carbocycles. The van der Waals surface area contributed by atoms with Crippen molar-refractivity contribution in [2.45, 2.75) is 6.54 Å². The Morgan fingerprint density at radius 1 is 1.35 bits per heavy atom. The van der Waals surface area contributed by atoms with Gasteiger partial charge in [0.25, 0.3) is 0 Å². The topological polar surface area (TPSA) is 79.4 Å². The summed E-state index contributed by atoms with van der Waals surface area (Å²) in [5, 5.41) is 10.6. The zero-order chi connectivity index (χ0) is 14.7. The number of ether oxygens (including phenoxy) is 2. The summed E-state index contributed by atoms with van der Waals surface area (Å²) in [7, 11) is 3.11. The average molecular weight is 342 g/mol. The highest BCUT2D eigenvalue weighted by Gasteiger charge is 2.13. The number of nitrogens with zero attached hydrogens (tertiary/aromatic N) is 3. The highest BCUT2D eigenvalue weighted by atomic mass is 79.9. The van der Waals surface area contributed by atoms with E-state index in [4.69, 9.17) is 9.47 Å². The van der Waals surface area contributed by atoms with E-state index in [0.717, 1.165) is 10.0 Å². The van der Waals surface area contributed by atoms with E-state index in [-0.39, 0.29) is 5.82 Å². The van der Waals surface area contributed by atoms with Crippen LogP contribution in [0, 0.1) is 10.1 Å². The van der Waals surface area contributed by atoms with Crippen molar-refractivity contribution in [2.75, 3.05) is 14.2 Å². The van der Waals surface area contributed by atoms with Crippen molar-refractivity contribution in [1.29, 1.82) is 0 Å². The predicted octanol–water partition coefficient (Wildman–Crippen LogP) is 2.62. The SMILES string of the molecule is COc1cc(Br)c(Cn2cnc([N+](=O)[O-])c2)cc1OC. The second-order valence-corrected chi connectivity index (χ2v) is 4.81. The minimum absolute atomic E-state index is 0.179. The maximum Gasteiger partial charge on any atom is 0.381 e. The molecule has 0 atom stereocenters. The number of rotatable bonds is 5. The molecule has 0 bridgehead atoms. The van der Waals surface area contributed by atoms with Gasteiger partial charge >= 0.3 is 5.82 Å². The van der Waals surface area contributed by atoms with Crippen LogP contribution in [0.4, 0.5) is 5.82 Å². The largest absolute Gasteiger partial charge is 0.493 e. The molecular formula is C12H12BrN3O4. The minimum Gasteiger partial charge on any atom is -0.493 e. The standard InChI is InChI=1S/C12H12BrN3O4/c1-19-10-3-8(9(13)4-11(10)20-2)5-15-6-12(14-7-15)16(17)18/h3-4,6-7H,5H2,1-2H3. The first-order valence-corrected chi connectivity index (χ1v) is 6.41. The van der Waals surface area contributed by atoms with Crippen LogP contribution in [0.15, 0.2) is 29.1 Å². The highest BCUT2D eigenvalue weighted by molar-refractivity contribution is 9.10. The number of hydrogen-bond acceptors (Lipinski definition) is 5. The molecule has 0 unspecified atom stereocenters. The first kappa shape index (κ1) is 14.3. The van der Waals surface area contributed by atoms with E-state index in [0.29, 0.717) is 18.0 Å². The molecule has 1 heterocycles. The molecule has 0 radical (unpaired) electrons. The molecule has 0 aliphatic heterocycles. The first-order chi connectivity index (χ1) is 9.55. The maximum absolute atomic E-state index is 10.6. The Labute approximate surface area is 123 Å². The number of halogens is 1. The maximum atomic E-state index is 10.6. The second kappa shape index (κ2) is 5.91. The summed E-state index contributed by atoms with van der Waals surface area (Å²) in [5.74, 6) is 1.03. The summed E-state index contributed by atoms with van der Waals surface area (Å²) in [6.07, 6.45) is 2.80. The van der Waals surface area contributed by atoms with Crippen LogP contribution in [0.3, 0.4) is 0 Å². The van der Waals surface area contributed by atoms with Crippen LogP contribution in [-0.2, 0) is 6.54 Å². The first-order valence-electron chi connectivity index (χ1n) is 5.61. The van der Waals surface area contributed by atoms with Gasteiger partial charge in [0.2, 0.25) is 6.33 Å². The lowest BCUT2D eigenvalue weighted by molar-refractivity contribution is -0.389. The van der Waals surface area contributed by atoms with E-state index in [1.807, 2.05) is 6.07 Å². The molecule has 0 spiro atoms. The summed E-state index contributed by atoms with van der Waals surface area (Å²) >= 11 is 3.44. The van der Waals surface area contributed by atoms with E-state index in [9.17, 15) is 10.1 Å². The molecule has 7 nitrogen and oxygen atoms in total. The van der Waals surface area contributed by atoms with Gasteiger partial charge in [-0.05, 0) is 27.6 Å². The van der Waals surface area contributed by atoms with E-state index in [2.05, 4.69) is 20.9 Å². The van der Waals surface area contributed by atoms with Gasteiger partial charge in [-0.3, -0.25) is 0 Å². The molecule has 0 aliphatic carbocycles.